The Bertz CT molecular complexity index is 459. The van der Waals surface area contributed by atoms with Gasteiger partial charge >= 0.3 is 5.97 Å². The van der Waals surface area contributed by atoms with Gasteiger partial charge < -0.3 is 9.84 Å². The molecule has 0 radical (unpaired) electrons. The molecule has 1 saturated carbocycles. The lowest BCUT2D eigenvalue weighted by molar-refractivity contribution is -0.136. The van der Waals surface area contributed by atoms with E-state index in [0.717, 1.165) is 16.9 Å². The summed E-state index contributed by atoms with van der Waals surface area (Å²) in [4.78, 5) is 10.9. The van der Waals surface area contributed by atoms with Crippen LogP contribution in [0.2, 0.25) is 0 Å². The zero-order chi connectivity index (χ0) is 13.8. The molecular formula is C16H22O3. The van der Waals surface area contributed by atoms with E-state index in [-0.39, 0.29) is 6.42 Å². The summed E-state index contributed by atoms with van der Waals surface area (Å²) in [6.07, 6.45) is 6.29. The second kappa shape index (κ2) is 6.09. The highest BCUT2D eigenvalue weighted by Crippen LogP contribution is 2.39. The van der Waals surface area contributed by atoms with Crippen molar-refractivity contribution in [2.45, 2.75) is 51.4 Å². The van der Waals surface area contributed by atoms with E-state index < -0.39 is 5.97 Å². The summed E-state index contributed by atoms with van der Waals surface area (Å²) in [5.41, 5.74) is 3.13. The van der Waals surface area contributed by atoms with Crippen LogP contribution in [0.5, 0.6) is 5.75 Å². The summed E-state index contributed by atoms with van der Waals surface area (Å²) in [5.74, 6) is 0.691. The number of carboxylic acids is 1. The van der Waals surface area contributed by atoms with Crippen molar-refractivity contribution >= 4 is 5.97 Å². The van der Waals surface area contributed by atoms with Crippen molar-refractivity contribution < 1.29 is 14.6 Å². The van der Waals surface area contributed by atoms with E-state index in [0.29, 0.717) is 5.92 Å². The van der Waals surface area contributed by atoms with Crippen molar-refractivity contribution in [2.75, 3.05) is 7.11 Å². The van der Waals surface area contributed by atoms with Gasteiger partial charge in [0.25, 0.3) is 0 Å². The number of ether oxygens (including phenoxy) is 1. The number of methoxy groups -OCH3 is 1. The van der Waals surface area contributed by atoms with Gasteiger partial charge in [-0.2, -0.15) is 0 Å². The quantitative estimate of drug-likeness (QED) is 0.900. The van der Waals surface area contributed by atoms with Crippen LogP contribution in [-0.4, -0.2) is 18.2 Å². The average Bonchev–Trinajstić information content (AvgIpc) is 2.38. The third-order valence-corrected chi connectivity index (χ3v) is 3.97. The third kappa shape index (κ3) is 3.28. The van der Waals surface area contributed by atoms with Gasteiger partial charge in [0.2, 0.25) is 0 Å². The maximum Gasteiger partial charge on any atom is 0.307 e. The molecule has 1 aliphatic carbocycles. The van der Waals surface area contributed by atoms with E-state index in [9.17, 15) is 4.79 Å². The van der Waals surface area contributed by atoms with Crippen LogP contribution >= 0.6 is 0 Å². The lowest BCUT2D eigenvalue weighted by Crippen LogP contribution is -2.09. The number of aliphatic carboxylic acids is 1. The maximum absolute atomic E-state index is 10.9. The molecule has 1 N–H and O–H groups in total. The Kier molecular flexibility index (Phi) is 4.46. The number of rotatable bonds is 4. The summed E-state index contributed by atoms with van der Waals surface area (Å²) < 4.78 is 5.54. The van der Waals surface area contributed by atoms with Gasteiger partial charge in [0.05, 0.1) is 13.5 Å². The molecule has 0 aliphatic heterocycles. The fraction of sp³-hybridized carbons (Fsp3) is 0.562. The average molecular weight is 262 g/mol. The normalized spacial score (nSPS) is 16.3. The molecule has 104 valence electrons. The molecule has 0 bridgehead atoms. The van der Waals surface area contributed by atoms with Crippen molar-refractivity contribution in [3.8, 4) is 5.75 Å². The van der Waals surface area contributed by atoms with Crippen LogP contribution in [0.15, 0.2) is 12.1 Å². The van der Waals surface area contributed by atoms with Crippen LogP contribution in [-0.2, 0) is 11.2 Å². The van der Waals surface area contributed by atoms with Crippen LogP contribution in [0, 0.1) is 6.92 Å². The molecular weight excluding hydrogens is 240 g/mol. The first-order valence-electron chi connectivity index (χ1n) is 7.01. The number of hydrogen-bond donors (Lipinski definition) is 1. The Labute approximate surface area is 114 Å². The van der Waals surface area contributed by atoms with E-state index in [1.165, 1.54) is 37.7 Å². The largest absolute Gasteiger partial charge is 0.496 e. The standard InChI is InChI=1S/C16H22O3/c1-11-8-12(10-15(17)18)9-14(16(11)19-2)13-6-4-3-5-7-13/h8-9,13H,3-7,10H2,1-2H3,(H,17,18). The molecule has 3 nitrogen and oxygen atoms in total. The van der Waals surface area contributed by atoms with Gasteiger partial charge in [-0.05, 0) is 42.4 Å². The van der Waals surface area contributed by atoms with E-state index in [4.69, 9.17) is 9.84 Å². The lowest BCUT2D eigenvalue weighted by Gasteiger charge is -2.25. The van der Waals surface area contributed by atoms with Gasteiger partial charge in [0, 0.05) is 0 Å². The van der Waals surface area contributed by atoms with E-state index in [1.54, 1.807) is 7.11 Å². The molecule has 0 unspecified atom stereocenters. The molecule has 0 heterocycles. The number of benzene rings is 1. The summed E-state index contributed by atoms with van der Waals surface area (Å²) in [6.45, 7) is 2.00. The SMILES string of the molecule is COc1c(C)cc(CC(=O)O)cc1C1CCCCC1. The topological polar surface area (TPSA) is 46.5 Å². The van der Waals surface area contributed by atoms with E-state index in [1.807, 2.05) is 19.1 Å². The minimum atomic E-state index is -0.779. The lowest BCUT2D eigenvalue weighted by atomic mass is 9.82. The van der Waals surface area contributed by atoms with Gasteiger partial charge in [-0.25, -0.2) is 0 Å². The molecule has 0 spiro atoms. The predicted octanol–water partition coefficient (Wildman–Crippen LogP) is 3.68. The summed E-state index contributed by atoms with van der Waals surface area (Å²) in [7, 11) is 1.70. The molecule has 0 amide bonds. The Hall–Kier alpha value is -1.51. The summed E-state index contributed by atoms with van der Waals surface area (Å²) >= 11 is 0. The van der Waals surface area contributed by atoms with E-state index >= 15 is 0 Å². The molecule has 19 heavy (non-hydrogen) atoms. The van der Waals surface area contributed by atoms with Gasteiger partial charge in [0.1, 0.15) is 5.75 Å². The Balaban J connectivity index is 2.36. The first-order valence-corrected chi connectivity index (χ1v) is 7.01. The zero-order valence-corrected chi connectivity index (χ0v) is 11.7. The fourth-order valence-corrected chi connectivity index (χ4v) is 3.15. The minimum Gasteiger partial charge on any atom is -0.496 e. The fourth-order valence-electron chi connectivity index (χ4n) is 3.15. The Morgan fingerprint density at radius 3 is 2.58 bits per heavy atom. The van der Waals surface area contributed by atoms with Crippen LogP contribution in [0.1, 0.15) is 54.7 Å². The van der Waals surface area contributed by atoms with Gasteiger partial charge in [-0.3, -0.25) is 4.79 Å². The van der Waals surface area contributed by atoms with Crippen molar-refractivity contribution in [3.63, 3.8) is 0 Å². The van der Waals surface area contributed by atoms with Crippen LogP contribution in [0.3, 0.4) is 0 Å². The number of hydrogen-bond acceptors (Lipinski definition) is 2. The van der Waals surface area contributed by atoms with Crippen LogP contribution < -0.4 is 4.74 Å². The minimum absolute atomic E-state index is 0.0879. The predicted molar refractivity (Wildman–Crippen MR) is 74.9 cm³/mol. The molecule has 2 rings (SSSR count). The van der Waals surface area contributed by atoms with Crippen molar-refractivity contribution in [3.05, 3.63) is 28.8 Å². The summed E-state index contributed by atoms with van der Waals surface area (Å²) in [6, 6.07) is 3.97. The van der Waals surface area contributed by atoms with Crippen molar-refractivity contribution in [1.29, 1.82) is 0 Å². The van der Waals surface area contributed by atoms with Crippen LogP contribution in [0.4, 0.5) is 0 Å². The number of carbonyl (C=O) groups is 1. The van der Waals surface area contributed by atoms with Gasteiger partial charge in [0.15, 0.2) is 0 Å². The first-order chi connectivity index (χ1) is 9.11. The van der Waals surface area contributed by atoms with Crippen molar-refractivity contribution in [1.82, 2.24) is 0 Å². The number of carboxylic acid groups (broad SMARTS) is 1. The van der Waals surface area contributed by atoms with Crippen LogP contribution in [0.25, 0.3) is 0 Å². The third-order valence-electron chi connectivity index (χ3n) is 3.97. The van der Waals surface area contributed by atoms with Crippen molar-refractivity contribution in [2.24, 2.45) is 0 Å². The first kappa shape index (κ1) is 13.9. The molecule has 1 aromatic rings. The summed E-state index contributed by atoms with van der Waals surface area (Å²) in [5, 5.41) is 8.95. The molecule has 0 aromatic heterocycles. The maximum atomic E-state index is 10.9. The second-order valence-electron chi connectivity index (χ2n) is 5.44. The molecule has 1 aliphatic rings. The molecule has 3 heteroatoms. The van der Waals surface area contributed by atoms with E-state index in [2.05, 4.69) is 0 Å². The van der Waals surface area contributed by atoms with Gasteiger partial charge in [-0.1, -0.05) is 31.4 Å². The molecule has 1 fully saturated rings. The Morgan fingerprint density at radius 2 is 2.00 bits per heavy atom. The highest BCUT2D eigenvalue weighted by Gasteiger charge is 2.21. The molecule has 0 atom stereocenters. The Morgan fingerprint density at radius 1 is 1.32 bits per heavy atom. The highest BCUT2D eigenvalue weighted by molar-refractivity contribution is 5.70. The zero-order valence-electron chi connectivity index (χ0n) is 11.7. The molecule has 0 saturated heterocycles. The molecule has 1 aromatic carbocycles. The van der Waals surface area contributed by atoms with Gasteiger partial charge in [-0.15, -0.1) is 0 Å². The highest BCUT2D eigenvalue weighted by atomic mass is 16.5. The number of aryl methyl sites for hydroxylation is 1. The second-order valence-corrected chi connectivity index (χ2v) is 5.44. The monoisotopic (exact) mass is 262 g/mol. The smallest absolute Gasteiger partial charge is 0.307 e.